The lowest BCUT2D eigenvalue weighted by atomic mass is 10.2. The molecule has 2 heterocycles. The molecule has 0 bridgehead atoms. The standard InChI is InChI=1S/C14H24N4S/c1-11(13-16-10-12(2)19-13)9-17-14(15)18-7-5-3-4-6-8-18/h10-11H,3-9H2,1-2H3,(H2,15,17). The first-order valence-electron chi connectivity index (χ1n) is 7.14. The van der Waals surface area contributed by atoms with Gasteiger partial charge in [0.05, 0.1) is 11.6 Å². The number of aliphatic imine (C=N–C) groups is 1. The molecule has 0 aromatic carbocycles. The number of rotatable bonds is 3. The highest BCUT2D eigenvalue weighted by molar-refractivity contribution is 7.11. The van der Waals surface area contributed by atoms with Gasteiger partial charge in [0.1, 0.15) is 0 Å². The van der Waals surface area contributed by atoms with Crippen LogP contribution in [0.1, 0.15) is 48.4 Å². The van der Waals surface area contributed by atoms with Crippen molar-refractivity contribution in [1.82, 2.24) is 9.88 Å². The van der Waals surface area contributed by atoms with Gasteiger partial charge in [0.25, 0.3) is 0 Å². The number of likely N-dealkylation sites (tertiary alicyclic amines) is 1. The van der Waals surface area contributed by atoms with Crippen LogP contribution in [0.15, 0.2) is 11.2 Å². The van der Waals surface area contributed by atoms with Gasteiger partial charge in [-0.05, 0) is 19.8 Å². The van der Waals surface area contributed by atoms with Gasteiger partial charge in [-0.2, -0.15) is 0 Å². The van der Waals surface area contributed by atoms with Gasteiger partial charge in [-0.3, -0.25) is 4.99 Å². The topological polar surface area (TPSA) is 54.5 Å². The summed E-state index contributed by atoms with van der Waals surface area (Å²) in [6.07, 6.45) is 7.03. The summed E-state index contributed by atoms with van der Waals surface area (Å²) >= 11 is 1.75. The highest BCUT2D eigenvalue weighted by Crippen LogP contribution is 2.21. The normalized spacial score (nSPS) is 19.3. The molecule has 1 aliphatic heterocycles. The average Bonchev–Trinajstić information content (AvgIpc) is 2.68. The SMILES string of the molecule is Cc1cnc(C(C)CN=C(N)N2CCCCCC2)s1. The van der Waals surface area contributed by atoms with Gasteiger partial charge < -0.3 is 10.6 Å². The van der Waals surface area contributed by atoms with Crippen LogP contribution in [0.5, 0.6) is 0 Å². The summed E-state index contributed by atoms with van der Waals surface area (Å²) in [5, 5.41) is 1.16. The largest absolute Gasteiger partial charge is 0.370 e. The number of aromatic nitrogens is 1. The molecular weight excluding hydrogens is 256 g/mol. The van der Waals surface area contributed by atoms with Gasteiger partial charge in [-0.25, -0.2) is 4.98 Å². The number of guanidine groups is 1. The van der Waals surface area contributed by atoms with Crippen molar-refractivity contribution in [1.29, 1.82) is 0 Å². The Hall–Kier alpha value is -1.10. The predicted octanol–water partition coefficient (Wildman–Crippen LogP) is 2.75. The number of hydrogen-bond acceptors (Lipinski definition) is 3. The van der Waals surface area contributed by atoms with E-state index in [2.05, 4.69) is 28.7 Å². The van der Waals surface area contributed by atoms with Crippen molar-refractivity contribution in [2.75, 3.05) is 19.6 Å². The molecule has 1 saturated heterocycles. The molecule has 2 rings (SSSR count). The van der Waals surface area contributed by atoms with Crippen molar-refractivity contribution in [2.45, 2.75) is 45.4 Å². The minimum absolute atomic E-state index is 0.351. The smallest absolute Gasteiger partial charge is 0.191 e. The third kappa shape index (κ3) is 4.20. The molecule has 0 saturated carbocycles. The summed E-state index contributed by atoms with van der Waals surface area (Å²) in [4.78, 5) is 12.5. The van der Waals surface area contributed by atoms with Crippen molar-refractivity contribution in [2.24, 2.45) is 10.7 Å². The van der Waals surface area contributed by atoms with E-state index in [0.29, 0.717) is 11.9 Å². The number of hydrogen-bond donors (Lipinski definition) is 1. The third-order valence-electron chi connectivity index (χ3n) is 3.52. The fraction of sp³-hybridized carbons (Fsp3) is 0.714. The van der Waals surface area contributed by atoms with Crippen molar-refractivity contribution >= 4 is 17.3 Å². The van der Waals surface area contributed by atoms with E-state index in [1.54, 1.807) is 11.3 Å². The summed E-state index contributed by atoms with van der Waals surface area (Å²) in [7, 11) is 0. The maximum atomic E-state index is 6.11. The molecule has 106 valence electrons. The number of nitrogens with zero attached hydrogens (tertiary/aromatic N) is 3. The molecule has 0 amide bonds. The molecule has 0 aliphatic carbocycles. The summed E-state index contributed by atoms with van der Waals surface area (Å²) in [6.45, 7) is 7.09. The molecule has 2 N–H and O–H groups in total. The first-order valence-corrected chi connectivity index (χ1v) is 7.95. The van der Waals surface area contributed by atoms with Gasteiger partial charge >= 0.3 is 0 Å². The molecule has 0 radical (unpaired) electrons. The second kappa shape index (κ2) is 6.89. The van der Waals surface area contributed by atoms with E-state index >= 15 is 0 Å². The second-order valence-electron chi connectivity index (χ2n) is 5.31. The van der Waals surface area contributed by atoms with E-state index in [9.17, 15) is 0 Å². The Labute approximate surface area is 119 Å². The molecule has 0 spiro atoms. The molecule has 1 atom stereocenters. The number of aryl methyl sites for hydroxylation is 1. The van der Waals surface area contributed by atoms with E-state index in [-0.39, 0.29) is 0 Å². The van der Waals surface area contributed by atoms with E-state index in [4.69, 9.17) is 5.73 Å². The Bertz CT molecular complexity index is 419. The lowest BCUT2D eigenvalue weighted by Gasteiger charge is -2.21. The zero-order valence-electron chi connectivity index (χ0n) is 11.9. The Balaban J connectivity index is 1.89. The number of thiazole rings is 1. The first kappa shape index (κ1) is 14.3. The highest BCUT2D eigenvalue weighted by atomic mass is 32.1. The van der Waals surface area contributed by atoms with Crippen molar-refractivity contribution in [3.63, 3.8) is 0 Å². The molecule has 1 unspecified atom stereocenters. The monoisotopic (exact) mass is 280 g/mol. The van der Waals surface area contributed by atoms with E-state index in [1.807, 2.05) is 6.20 Å². The summed E-state index contributed by atoms with van der Waals surface area (Å²) in [6, 6.07) is 0. The van der Waals surface area contributed by atoms with Crippen LogP contribution >= 0.6 is 11.3 Å². The number of nitrogens with two attached hydrogens (primary N) is 1. The lowest BCUT2D eigenvalue weighted by Crippen LogP contribution is -2.38. The summed E-state index contributed by atoms with van der Waals surface area (Å²) < 4.78 is 0. The highest BCUT2D eigenvalue weighted by Gasteiger charge is 2.13. The van der Waals surface area contributed by atoms with Crippen LogP contribution in [0.3, 0.4) is 0 Å². The molecule has 1 fully saturated rings. The van der Waals surface area contributed by atoms with Gasteiger partial charge in [0, 0.05) is 30.1 Å². The quantitative estimate of drug-likeness (QED) is 0.684. The van der Waals surface area contributed by atoms with Crippen LogP contribution in [0.2, 0.25) is 0 Å². The zero-order chi connectivity index (χ0) is 13.7. The van der Waals surface area contributed by atoms with E-state index < -0.39 is 0 Å². The van der Waals surface area contributed by atoms with Crippen LogP contribution in [-0.4, -0.2) is 35.5 Å². The van der Waals surface area contributed by atoms with Crippen LogP contribution < -0.4 is 5.73 Å². The van der Waals surface area contributed by atoms with Crippen LogP contribution in [0.4, 0.5) is 0 Å². The Morgan fingerprint density at radius 2 is 2.11 bits per heavy atom. The lowest BCUT2D eigenvalue weighted by molar-refractivity contribution is 0.428. The summed E-state index contributed by atoms with van der Waals surface area (Å²) in [5.41, 5.74) is 6.11. The van der Waals surface area contributed by atoms with Gasteiger partial charge in [-0.15, -0.1) is 11.3 Å². The minimum atomic E-state index is 0.351. The molecule has 1 aliphatic rings. The molecule has 19 heavy (non-hydrogen) atoms. The first-order chi connectivity index (χ1) is 9.16. The van der Waals surface area contributed by atoms with Crippen LogP contribution in [-0.2, 0) is 0 Å². The van der Waals surface area contributed by atoms with Crippen LogP contribution in [0, 0.1) is 6.92 Å². The van der Waals surface area contributed by atoms with E-state index in [0.717, 1.165) is 24.6 Å². The molecule has 1 aromatic heterocycles. The third-order valence-corrected chi connectivity index (χ3v) is 4.66. The van der Waals surface area contributed by atoms with Crippen molar-refractivity contribution < 1.29 is 0 Å². The predicted molar refractivity (Wildman–Crippen MR) is 81.8 cm³/mol. The van der Waals surface area contributed by atoms with Crippen molar-refractivity contribution in [3.05, 3.63) is 16.1 Å². The average molecular weight is 280 g/mol. The maximum absolute atomic E-state index is 6.11. The van der Waals surface area contributed by atoms with Gasteiger partial charge in [0.15, 0.2) is 5.96 Å². The molecule has 1 aromatic rings. The van der Waals surface area contributed by atoms with E-state index in [1.165, 1.54) is 30.6 Å². The fourth-order valence-electron chi connectivity index (χ4n) is 2.31. The Kier molecular flexibility index (Phi) is 5.19. The minimum Gasteiger partial charge on any atom is -0.370 e. The van der Waals surface area contributed by atoms with Gasteiger partial charge in [-0.1, -0.05) is 19.8 Å². The van der Waals surface area contributed by atoms with Crippen molar-refractivity contribution in [3.8, 4) is 0 Å². The Morgan fingerprint density at radius 1 is 1.42 bits per heavy atom. The maximum Gasteiger partial charge on any atom is 0.191 e. The molecule has 5 heteroatoms. The summed E-state index contributed by atoms with van der Waals surface area (Å²) in [5.74, 6) is 1.06. The van der Waals surface area contributed by atoms with Crippen LogP contribution in [0.25, 0.3) is 0 Å². The second-order valence-corrected chi connectivity index (χ2v) is 6.58. The zero-order valence-corrected chi connectivity index (χ0v) is 12.7. The molecular formula is C14H24N4S. The fourth-order valence-corrected chi connectivity index (χ4v) is 3.12. The Morgan fingerprint density at radius 3 is 2.68 bits per heavy atom. The molecule has 4 nitrogen and oxygen atoms in total. The van der Waals surface area contributed by atoms with Gasteiger partial charge in [0.2, 0.25) is 0 Å².